The van der Waals surface area contributed by atoms with Gasteiger partial charge in [0.15, 0.2) is 5.84 Å². The van der Waals surface area contributed by atoms with Crippen molar-refractivity contribution in [2.75, 3.05) is 20.3 Å². The highest BCUT2D eigenvalue weighted by atomic mass is 16.5. The summed E-state index contributed by atoms with van der Waals surface area (Å²) in [5.41, 5.74) is 6.83. The fraction of sp³-hybridized carbons (Fsp3) is 0.500. The third-order valence-corrected chi connectivity index (χ3v) is 2.57. The van der Waals surface area contributed by atoms with E-state index in [9.17, 15) is 5.11 Å². The van der Waals surface area contributed by atoms with Crippen molar-refractivity contribution in [3.05, 3.63) is 29.6 Å². The summed E-state index contributed by atoms with van der Waals surface area (Å²) in [4.78, 5) is 4.07. The Morgan fingerprint density at radius 3 is 3.11 bits per heavy atom. The normalized spacial score (nSPS) is 13.5. The number of methoxy groups -OCH3 is 1. The Bertz CT molecular complexity index is 412. The molecule has 106 valence electrons. The summed E-state index contributed by atoms with van der Waals surface area (Å²) in [6, 6.07) is 3.63. The van der Waals surface area contributed by atoms with Gasteiger partial charge in [0, 0.05) is 19.9 Å². The molecule has 1 rings (SSSR count). The molecular formula is C12H20N4O3. The standard InChI is InChI=1S/C12H20N4O3/c1-19-8-10(17)4-6-14-7-9-3-2-5-15-11(9)12(13)16-18/h2-3,5,10,14,17-18H,4,6-8H2,1H3,(H2,13,16). The SMILES string of the molecule is COCC(O)CCNCc1cccnc1/C(N)=N/O. The van der Waals surface area contributed by atoms with E-state index >= 15 is 0 Å². The second-order valence-electron chi connectivity index (χ2n) is 4.07. The van der Waals surface area contributed by atoms with E-state index in [-0.39, 0.29) is 5.84 Å². The van der Waals surface area contributed by atoms with Crippen molar-refractivity contribution in [3.8, 4) is 0 Å². The number of ether oxygens (including phenoxy) is 1. The lowest BCUT2D eigenvalue weighted by Gasteiger charge is -2.11. The molecule has 1 atom stereocenters. The second kappa shape index (κ2) is 8.41. The Kier molecular flexibility index (Phi) is 6.80. The Labute approximate surface area is 112 Å². The Morgan fingerprint density at radius 2 is 2.42 bits per heavy atom. The summed E-state index contributed by atoms with van der Waals surface area (Å²) in [7, 11) is 1.55. The molecule has 0 bridgehead atoms. The molecule has 0 saturated carbocycles. The van der Waals surface area contributed by atoms with Gasteiger partial charge in [-0.05, 0) is 24.6 Å². The summed E-state index contributed by atoms with van der Waals surface area (Å²) in [6.07, 6.45) is 1.70. The van der Waals surface area contributed by atoms with E-state index in [4.69, 9.17) is 15.7 Å². The van der Waals surface area contributed by atoms with Gasteiger partial charge in [-0.2, -0.15) is 0 Å². The highest BCUT2D eigenvalue weighted by Crippen LogP contribution is 2.04. The summed E-state index contributed by atoms with van der Waals surface area (Å²) in [5, 5.41) is 24.3. The van der Waals surface area contributed by atoms with Crippen molar-refractivity contribution in [2.45, 2.75) is 19.1 Å². The summed E-state index contributed by atoms with van der Waals surface area (Å²) in [6.45, 7) is 1.48. The number of pyridine rings is 1. The van der Waals surface area contributed by atoms with Crippen LogP contribution in [0.15, 0.2) is 23.5 Å². The number of aliphatic hydroxyl groups is 1. The first-order valence-electron chi connectivity index (χ1n) is 5.98. The van der Waals surface area contributed by atoms with Crippen LogP contribution in [0.5, 0.6) is 0 Å². The molecule has 7 nitrogen and oxygen atoms in total. The van der Waals surface area contributed by atoms with Crippen molar-refractivity contribution < 1.29 is 15.1 Å². The van der Waals surface area contributed by atoms with E-state index in [1.54, 1.807) is 19.4 Å². The van der Waals surface area contributed by atoms with E-state index in [1.807, 2.05) is 6.07 Å². The Balaban J connectivity index is 2.45. The first-order valence-corrected chi connectivity index (χ1v) is 5.98. The van der Waals surface area contributed by atoms with Crippen LogP contribution in [-0.2, 0) is 11.3 Å². The van der Waals surface area contributed by atoms with Crippen molar-refractivity contribution in [3.63, 3.8) is 0 Å². The van der Waals surface area contributed by atoms with Gasteiger partial charge >= 0.3 is 0 Å². The Hall–Kier alpha value is -1.70. The molecule has 1 unspecified atom stereocenters. The molecule has 1 heterocycles. The number of hydrogen-bond acceptors (Lipinski definition) is 6. The number of oxime groups is 1. The van der Waals surface area contributed by atoms with Gasteiger partial charge in [-0.25, -0.2) is 0 Å². The topological polar surface area (TPSA) is 113 Å². The smallest absolute Gasteiger partial charge is 0.189 e. The van der Waals surface area contributed by atoms with Gasteiger partial charge in [0.25, 0.3) is 0 Å². The molecule has 0 aromatic carbocycles. The van der Waals surface area contributed by atoms with E-state index < -0.39 is 6.10 Å². The van der Waals surface area contributed by atoms with Gasteiger partial charge in [0.2, 0.25) is 0 Å². The summed E-state index contributed by atoms with van der Waals surface area (Å²) < 4.78 is 4.84. The molecule has 7 heteroatoms. The number of nitrogens with two attached hydrogens (primary N) is 1. The number of amidine groups is 1. The second-order valence-corrected chi connectivity index (χ2v) is 4.07. The maximum Gasteiger partial charge on any atom is 0.189 e. The van der Waals surface area contributed by atoms with Crippen LogP contribution in [0.3, 0.4) is 0 Å². The van der Waals surface area contributed by atoms with Crippen molar-refractivity contribution in [2.24, 2.45) is 10.9 Å². The minimum atomic E-state index is -0.477. The average Bonchev–Trinajstić information content (AvgIpc) is 2.43. The van der Waals surface area contributed by atoms with E-state index in [0.29, 0.717) is 31.8 Å². The van der Waals surface area contributed by atoms with Crippen LogP contribution in [0, 0.1) is 0 Å². The molecule has 0 radical (unpaired) electrons. The van der Waals surface area contributed by atoms with Crippen molar-refractivity contribution in [1.82, 2.24) is 10.3 Å². The molecule has 5 N–H and O–H groups in total. The lowest BCUT2D eigenvalue weighted by Crippen LogP contribution is -2.25. The molecule has 1 aromatic heterocycles. The lowest BCUT2D eigenvalue weighted by atomic mass is 10.1. The largest absolute Gasteiger partial charge is 0.409 e. The molecule has 0 saturated heterocycles. The zero-order chi connectivity index (χ0) is 14.1. The van der Waals surface area contributed by atoms with Crippen LogP contribution in [-0.4, -0.2) is 47.5 Å². The monoisotopic (exact) mass is 268 g/mol. The van der Waals surface area contributed by atoms with Crippen LogP contribution >= 0.6 is 0 Å². The number of nitrogens with one attached hydrogen (secondary N) is 1. The maximum absolute atomic E-state index is 9.48. The zero-order valence-electron chi connectivity index (χ0n) is 10.9. The molecular weight excluding hydrogens is 248 g/mol. The minimum absolute atomic E-state index is 0.0168. The Morgan fingerprint density at radius 1 is 1.63 bits per heavy atom. The van der Waals surface area contributed by atoms with E-state index in [1.165, 1.54) is 0 Å². The minimum Gasteiger partial charge on any atom is -0.409 e. The van der Waals surface area contributed by atoms with Crippen molar-refractivity contribution in [1.29, 1.82) is 0 Å². The van der Waals surface area contributed by atoms with Gasteiger partial charge in [-0.1, -0.05) is 11.2 Å². The first-order chi connectivity index (χ1) is 9.19. The van der Waals surface area contributed by atoms with Crippen molar-refractivity contribution >= 4 is 5.84 Å². The van der Waals surface area contributed by atoms with Gasteiger partial charge in [0.05, 0.1) is 12.7 Å². The van der Waals surface area contributed by atoms with E-state index in [0.717, 1.165) is 5.56 Å². The summed E-state index contributed by atoms with van der Waals surface area (Å²) >= 11 is 0. The lowest BCUT2D eigenvalue weighted by molar-refractivity contribution is 0.0594. The molecule has 0 aliphatic rings. The molecule has 0 amide bonds. The molecule has 0 aliphatic carbocycles. The number of rotatable bonds is 8. The third kappa shape index (κ3) is 5.21. The van der Waals surface area contributed by atoms with Gasteiger partial charge < -0.3 is 26.1 Å². The highest BCUT2D eigenvalue weighted by Gasteiger charge is 2.08. The highest BCUT2D eigenvalue weighted by molar-refractivity contribution is 5.96. The quantitative estimate of drug-likeness (QED) is 0.169. The zero-order valence-corrected chi connectivity index (χ0v) is 10.9. The fourth-order valence-electron chi connectivity index (χ4n) is 1.63. The van der Waals surface area contributed by atoms with E-state index in [2.05, 4.69) is 15.5 Å². The molecule has 19 heavy (non-hydrogen) atoms. The summed E-state index contributed by atoms with van der Waals surface area (Å²) in [5.74, 6) is -0.0168. The molecule has 0 aliphatic heterocycles. The van der Waals surface area contributed by atoms with Crippen LogP contribution in [0.2, 0.25) is 0 Å². The first kappa shape index (κ1) is 15.4. The van der Waals surface area contributed by atoms with Crippen LogP contribution in [0.4, 0.5) is 0 Å². The number of hydrogen-bond donors (Lipinski definition) is 4. The predicted octanol–water partition coefficient (Wildman–Crippen LogP) is -0.337. The number of aliphatic hydroxyl groups excluding tert-OH is 1. The average molecular weight is 268 g/mol. The molecule has 0 spiro atoms. The van der Waals surface area contributed by atoms with Gasteiger partial charge in [0.1, 0.15) is 5.69 Å². The third-order valence-electron chi connectivity index (χ3n) is 2.57. The van der Waals surface area contributed by atoms with Crippen LogP contribution < -0.4 is 11.1 Å². The van der Waals surface area contributed by atoms with Crippen LogP contribution in [0.1, 0.15) is 17.7 Å². The predicted molar refractivity (Wildman–Crippen MR) is 71.0 cm³/mol. The molecule has 1 aromatic rings. The maximum atomic E-state index is 9.48. The molecule has 0 fully saturated rings. The van der Waals surface area contributed by atoms with Gasteiger partial charge in [-0.3, -0.25) is 4.98 Å². The van der Waals surface area contributed by atoms with Gasteiger partial charge in [-0.15, -0.1) is 0 Å². The number of nitrogens with zero attached hydrogens (tertiary/aromatic N) is 2. The number of aromatic nitrogens is 1. The van der Waals surface area contributed by atoms with Crippen LogP contribution in [0.25, 0.3) is 0 Å². The fourth-order valence-corrected chi connectivity index (χ4v) is 1.63.